The molecule has 0 aromatic heterocycles. The summed E-state index contributed by atoms with van der Waals surface area (Å²) in [6.07, 6.45) is 11.9. The molecule has 2 heteroatoms. The molecule has 2 nitrogen and oxygen atoms in total. The number of likely N-dealkylation sites (N-methyl/N-ethyl adjacent to an activating group) is 1. The van der Waals surface area contributed by atoms with Gasteiger partial charge in [-0.25, -0.2) is 0 Å². The van der Waals surface area contributed by atoms with Crippen LogP contribution in [0.1, 0.15) is 26.7 Å². The van der Waals surface area contributed by atoms with Crippen molar-refractivity contribution in [1.29, 1.82) is 0 Å². The summed E-state index contributed by atoms with van der Waals surface area (Å²) in [5.74, 6) is 0.512. The molecule has 0 radical (unpaired) electrons. The van der Waals surface area contributed by atoms with Crippen molar-refractivity contribution in [1.82, 2.24) is 4.90 Å². The molecule has 0 aromatic rings. The van der Waals surface area contributed by atoms with Gasteiger partial charge in [-0.1, -0.05) is 18.2 Å². The van der Waals surface area contributed by atoms with E-state index in [1.165, 1.54) is 0 Å². The van der Waals surface area contributed by atoms with E-state index in [9.17, 15) is 4.79 Å². The Morgan fingerprint density at radius 1 is 1.27 bits per heavy atom. The summed E-state index contributed by atoms with van der Waals surface area (Å²) in [5, 5.41) is 0. The molecule has 15 heavy (non-hydrogen) atoms. The predicted octanol–water partition coefficient (Wildman–Crippen LogP) is 2.89. The average molecular weight is 205 g/mol. The third-order valence-electron chi connectivity index (χ3n) is 2.44. The number of hydrogen-bond acceptors (Lipinski definition) is 1. The van der Waals surface area contributed by atoms with E-state index in [-0.39, 0.29) is 11.8 Å². The summed E-state index contributed by atoms with van der Waals surface area (Å²) in [6.45, 7) is 3.92. The number of carbonyl (C=O) groups is 1. The van der Waals surface area contributed by atoms with Crippen molar-refractivity contribution in [2.24, 2.45) is 5.92 Å². The minimum atomic E-state index is 0.240. The Bertz CT molecular complexity index is 308. The molecular weight excluding hydrogens is 186 g/mol. The van der Waals surface area contributed by atoms with Crippen molar-refractivity contribution in [3.63, 3.8) is 0 Å². The maximum atomic E-state index is 11.8. The molecular formula is C13H19NO. The van der Waals surface area contributed by atoms with Crippen LogP contribution in [-0.2, 0) is 4.79 Å². The quantitative estimate of drug-likeness (QED) is 0.646. The number of allylic oxidation sites excluding steroid dienone is 5. The number of rotatable bonds is 4. The molecule has 0 heterocycles. The molecule has 0 saturated heterocycles. The first kappa shape index (κ1) is 11.8. The molecule has 0 aliphatic heterocycles. The highest BCUT2D eigenvalue weighted by atomic mass is 16.2. The maximum Gasteiger partial charge on any atom is 0.229 e. The highest BCUT2D eigenvalue weighted by molar-refractivity contribution is 5.82. The van der Waals surface area contributed by atoms with E-state index >= 15 is 0 Å². The highest BCUT2D eigenvalue weighted by Gasteiger charge is 2.32. The van der Waals surface area contributed by atoms with E-state index in [1.54, 1.807) is 4.90 Å². The fraction of sp³-hybridized carbons (Fsp3) is 0.462. The van der Waals surface area contributed by atoms with Crippen LogP contribution in [0, 0.1) is 5.92 Å². The lowest BCUT2D eigenvalue weighted by molar-refractivity contribution is -0.129. The predicted molar refractivity (Wildman–Crippen MR) is 63.2 cm³/mol. The Morgan fingerprint density at radius 2 is 1.93 bits per heavy atom. The lowest BCUT2D eigenvalue weighted by atomic mass is 10.2. The van der Waals surface area contributed by atoms with Crippen molar-refractivity contribution in [3.8, 4) is 0 Å². The molecule has 0 N–H and O–H groups in total. The summed E-state index contributed by atoms with van der Waals surface area (Å²) in [5.41, 5.74) is 0.951. The van der Waals surface area contributed by atoms with Crippen LogP contribution < -0.4 is 0 Å². The van der Waals surface area contributed by atoms with Crippen molar-refractivity contribution in [2.75, 3.05) is 7.05 Å². The number of nitrogens with zero attached hydrogens (tertiary/aromatic N) is 1. The zero-order valence-electron chi connectivity index (χ0n) is 9.73. The van der Waals surface area contributed by atoms with Gasteiger partial charge in [0, 0.05) is 18.7 Å². The molecule has 1 aliphatic carbocycles. The smallest absolute Gasteiger partial charge is 0.229 e. The van der Waals surface area contributed by atoms with Gasteiger partial charge in [0.1, 0.15) is 0 Å². The minimum Gasteiger partial charge on any atom is -0.315 e. The second-order valence-corrected chi connectivity index (χ2v) is 3.79. The third-order valence-corrected chi connectivity index (χ3v) is 2.44. The van der Waals surface area contributed by atoms with Gasteiger partial charge >= 0.3 is 0 Å². The van der Waals surface area contributed by atoms with E-state index in [2.05, 4.69) is 0 Å². The number of hydrogen-bond donors (Lipinski definition) is 0. The lowest BCUT2D eigenvalue weighted by Gasteiger charge is -2.17. The van der Waals surface area contributed by atoms with Crippen molar-refractivity contribution in [3.05, 3.63) is 36.1 Å². The molecule has 0 spiro atoms. The first-order valence-electron chi connectivity index (χ1n) is 5.44. The van der Waals surface area contributed by atoms with Crippen LogP contribution in [0.3, 0.4) is 0 Å². The summed E-state index contributed by atoms with van der Waals surface area (Å²) < 4.78 is 0. The molecule has 1 amide bonds. The van der Waals surface area contributed by atoms with E-state index in [0.29, 0.717) is 0 Å². The zero-order valence-corrected chi connectivity index (χ0v) is 9.73. The molecule has 0 aromatic carbocycles. The molecule has 0 atom stereocenters. The van der Waals surface area contributed by atoms with Crippen LogP contribution in [0.15, 0.2) is 36.1 Å². The van der Waals surface area contributed by atoms with Crippen LogP contribution >= 0.6 is 0 Å². The topological polar surface area (TPSA) is 20.3 Å². The Kier molecular flexibility index (Phi) is 4.35. The van der Waals surface area contributed by atoms with Crippen LogP contribution in [0.4, 0.5) is 0 Å². The monoisotopic (exact) mass is 205 g/mol. The van der Waals surface area contributed by atoms with Crippen molar-refractivity contribution < 1.29 is 4.79 Å². The van der Waals surface area contributed by atoms with Gasteiger partial charge in [0.2, 0.25) is 5.91 Å². The molecule has 1 fully saturated rings. The van der Waals surface area contributed by atoms with Gasteiger partial charge in [0.15, 0.2) is 0 Å². The largest absolute Gasteiger partial charge is 0.315 e. The summed E-state index contributed by atoms with van der Waals surface area (Å²) in [4.78, 5) is 13.6. The van der Waals surface area contributed by atoms with Gasteiger partial charge in [0.05, 0.1) is 0 Å². The van der Waals surface area contributed by atoms with E-state index in [0.717, 1.165) is 18.5 Å². The van der Waals surface area contributed by atoms with Crippen LogP contribution in [0.2, 0.25) is 0 Å². The molecule has 1 aliphatic rings. The van der Waals surface area contributed by atoms with Gasteiger partial charge in [-0.05, 0) is 38.8 Å². The molecule has 1 saturated carbocycles. The van der Waals surface area contributed by atoms with Gasteiger partial charge in [-0.2, -0.15) is 0 Å². The van der Waals surface area contributed by atoms with Crippen molar-refractivity contribution >= 4 is 5.91 Å². The fourth-order valence-corrected chi connectivity index (χ4v) is 1.38. The van der Waals surface area contributed by atoms with Gasteiger partial charge in [0.25, 0.3) is 0 Å². The van der Waals surface area contributed by atoms with Gasteiger partial charge < -0.3 is 4.90 Å². The van der Waals surface area contributed by atoms with Crippen LogP contribution in [-0.4, -0.2) is 17.9 Å². The molecule has 0 unspecified atom stereocenters. The standard InChI is InChI=1S/C13H19NO/c1-4-6-8-12(7-5-2)14(3)13(15)11-9-10-11/h4-8,11H,9-10H2,1-3H3/b6-4+,7-5+,12-8+. The summed E-state index contributed by atoms with van der Waals surface area (Å²) in [6, 6.07) is 0. The minimum absolute atomic E-state index is 0.240. The Balaban J connectivity index is 2.73. The normalized spacial score (nSPS) is 17.7. The van der Waals surface area contributed by atoms with Gasteiger partial charge in [-0.3, -0.25) is 4.79 Å². The van der Waals surface area contributed by atoms with Crippen LogP contribution in [0.5, 0.6) is 0 Å². The van der Waals surface area contributed by atoms with Crippen LogP contribution in [0.25, 0.3) is 0 Å². The summed E-state index contributed by atoms with van der Waals surface area (Å²) >= 11 is 0. The second kappa shape index (κ2) is 5.54. The average Bonchev–Trinajstić information content (AvgIpc) is 3.05. The fourth-order valence-electron chi connectivity index (χ4n) is 1.38. The van der Waals surface area contributed by atoms with E-state index in [4.69, 9.17) is 0 Å². The molecule has 1 rings (SSSR count). The Hall–Kier alpha value is -1.31. The van der Waals surface area contributed by atoms with E-state index in [1.807, 2.05) is 51.3 Å². The second-order valence-electron chi connectivity index (χ2n) is 3.79. The number of carbonyl (C=O) groups excluding carboxylic acids is 1. The van der Waals surface area contributed by atoms with Crippen molar-refractivity contribution in [2.45, 2.75) is 26.7 Å². The van der Waals surface area contributed by atoms with Gasteiger partial charge in [-0.15, -0.1) is 0 Å². The zero-order chi connectivity index (χ0) is 11.3. The molecule has 82 valence electrons. The maximum absolute atomic E-state index is 11.8. The van der Waals surface area contributed by atoms with E-state index < -0.39 is 0 Å². The Morgan fingerprint density at radius 3 is 2.40 bits per heavy atom. The highest BCUT2D eigenvalue weighted by Crippen LogP contribution is 2.31. The SMILES string of the molecule is C/C=C/C=C(\C=C\C)N(C)C(=O)C1CC1. The lowest BCUT2D eigenvalue weighted by Crippen LogP contribution is -2.26. The first-order valence-corrected chi connectivity index (χ1v) is 5.44. The number of amides is 1. The molecule has 0 bridgehead atoms. The Labute approximate surface area is 92.0 Å². The first-order chi connectivity index (χ1) is 7.20. The summed E-state index contributed by atoms with van der Waals surface area (Å²) in [7, 11) is 1.84. The third kappa shape index (κ3) is 3.39.